The second-order valence-electron chi connectivity index (χ2n) is 3.71. The fraction of sp³-hybridized carbons (Fsp3) is 0.364. The topological polar surface area (TPSA) is 35.2 Å². The summed E-state index contributed by atoms with van der Waals surface area (Å²) in [6.07, 6.45) is 0. The van der Waals surface area contributed by atoms with Gasteiger partial charge in [0.1, 0.15) is 10.7 Å². The Morgan fingerprint density at radius 2 is 2.20 bits per heavy atom. The van der Waals surface area contributed by atoms with Gasteiger partial charge in [0.25, 0.3) is 0 Å². The maximum Gasteiger partial charge on any atom is 0.130 e. The molecule has 0 radical (unpaired) electrons. The normalized spacial score (nSPS) is 10.4. The van der Waals surface area contributed by atoms with Crippen molar-refractivity contribution < 1.29 is 4.74 Å². The Hall–Kier alpha value is -0.800. The van der Waals surface area contributed by atoms with Gasteiger partial charge in [0.05, 0.1) is 12.2 Å². The highest BCUT2D eigenvalue weighted by Gasteiger charge is 2.07. The van der Waals surface area contributed by atoms with E-state index in [9.17, 15) is 0 Å². The number of hydrogen-bond donors (Lipinski definition) is 1. The van der Waals surface area contributed by atoms with Gasteiger partial charge in [-0.05, 0) is 24.1 Å². The van der Waals surface area contributed by atoms with Gasteiger partial charge < -0.3 is 10.5 Å². The van der Waals surface area contributed by atoms with Crippen LogP contribution in [-0.2, 0) is 0 Å². The minimum Gasteiger partial charge on any atom is -0.493 e. The zero-order chi connectivity index (χ0) is 11.4. The molecule has 0 saturated heterocycles. The summed E-state index contributed by atoms with van der Waals surface area (Å²) in [5.74, 6) is 1.10. The summed E-state index contributed by atoms with van der Waals surface area (Å²) < 4.78 is 5.59. The molecule has 0 saturated carbocycles. The average molecular weight is 244 g/mol. The third-order valence-electron chi connectivity index (χ3n) is 1.78. The Morgan fingerprint density at radius 1 is 1.53 bits per heavy atom. The summed E-state index contributed by atoms with van der Waals surface area (Å²) in [5, 5.41) is 0.619. The van der Waals surface area contributed by atoms with E-state index < -0.39 is 0 Å². The first-order valence-corrected chi connectivity index (χ1v) is 5.51. The van der Waals surface area contributed by atoms with Crippen LogP contribution in [-0.4, -0.2) is 11.6 Å². The number of thiocarbonyl (C=S) groups is 1. The van der Waals surface area contributed by atoms with Crippen molar-refractivity contribution >= 4 is 28.8 Å². The number of nitrogens with two attached hydrogens (primary N) is 1. The molecule has 0 aliphatic rings. The van der Waals surface area contributed by atoms with Gasteiger partial charge in [0.2, 0.25) is 0 Å². The quantitative estimate of drug-likeness (QED) is 0.826. The highest BCUT2D eigenvalue weighted by Crippen LogP contribution is 2.23. The van der Waals surface area contributed by atoms with Crippen LogP contribution < -0.4 is 10.5 Å². The van der Waals surface area contributed by atoms with Crippen LogP contribution in [0.1, 0.15) is 19.4 Å². The number of rotatable bonds is 4. The SMILES string of the molecule is CC(C)COc1cc(Cl)ccc1C(N)=S. The summed E-state index contributed by atoms with van der Waals surface area (Å²) in [5.41, 5.74) is 6.31. The lowest BCUT2D eigenvalue weighted by Gasteiger charge is -2.12. The van der Waals surface area contributed by atoms with Gasteiger partial charge in [0.15, 0.2) is 0 Å². The van der Waals surface area contributed by atoms with Crippen molar-refractivity contribution in [2.75, 3.05) is 6.61 Å². The summed E-state index contributed by atoms with van der Waals surface area (Å²) in [6.45, 7) is 4.77. The van der Waals surface area contributed by atoms with Crippen LogP contribution in [0.15, 0.2) is 18.2 Å². The van der Waals surface area contributed by atoms with E-state index >= 15 is 0 Å². The Morgan fingerprint density at radius 3 is 2.73 bits per heavy atom. The molecule has 0 aromatic heterocycles. The van der Waals surface area contributed by atoms with Gasteiger partial charge in [-0.15, -0.1) is 0 Å². The second kappa shape index (κ2) is 5.33. The van der Waals surface area contributed by atoms with Crippen molar-refractivity contribution in [1.29, 1.82) is 0 Å². The van der Waals surface area contributed by atoms with Crippen molar-refractivity contribution in [3.63, 3.8) is 0 Å². The number of ether oxygens (including phenoxy) is 1. The van der Waals surface area contributed by atoms with Gasteiger partial charge in [0, 0.05) is 5.02 Å². The number of halogens is 1. The van der Waals surface area contributed by atoms with Crippen molar-refractivity contribution in [3.05, 3.63) is 28.8 Å². The van der Waals surface area contributed by atoms with Gasteiger partial charge in [-0.25, -0.2) is 0 Å². The zero-order valence-corrected chi connectivity index (χ0v) is 10.4. The van der Waals surface area contributed by atoms with Crippen molar-refractivity contribution in [2.45, 2.75) is 13.8 Å². The first kappa shape index (κ1) is 12.3. The van der Waals surface area contributed by atoms with Crippen LogP contribution in [0, 0.1) is 5.92 Å². The molecule has 0 unspecified atom stereocenters. The predicted octanol–water partition coefficient (Wildman–Crippen LogP) is 3.01. The summed E-state index contributed by atoms with van der Waals surface area (Å²) >= 11 is 10.8. The van der Waals surface area contributed by atoms with Gasteiger partial charge in [-0.3, -0.25) is 0 Å². The van der Waals surface area contributed by atoms with E-state index in [0.29, 0.717) is 28.3 Å². The van der Waals surface area contributed by atoms with E-state index in [1.807, 2.05) is 0 Å². The first-order valence-electron chi connectivity index (χ1n) is 4.73. The first-order chi connectivity index (χ1) is 7.00. The van der Waals surface area contributed by atoms with Crippen LogP contribution in [0.25, 0.3) is 0 Å². The molecule has 1 aromatic carbocycles. The van der Waals surface area contributed by atoms with Crippen LogP contribution in [0.4, 0.5) is 0 Å². The average Bonchev–Trinajstić information content (AvgIpc) is 2.14. The smallest absolute Gasteiger partial charge is 0.130 e. The van der Waals surface area contributed by atoms with Gasteiger partial charge >= 0.3 is 0 Å². The van der Waals surface area contributed by atoms with E-state index in [4.69, 9.17) is 34.3 Å². The van der Waals surface area contributed by atoms with E-state index in [2.05, 4.69) is 13.8 Å². The highest BCUT2D eigenvalue weighted by molar-refractivity contribution is 7.80. The Labute approximate surface area is 100 Å². The molecule has 0 aliphatic carbocycles. The molecule has 0 aliphatic heterocycles. The molecule has 1 aromatic rings. The maximum absolute atomic E-state index is 5.87. The molecule has 0 bridgehead atoms. The molecule has 2 N–H and O–H groups in total. The fourth-order valence-corrected chi connectivity index (χ4v) is 1.41. The molecule has 4 heteroatoms. The van der Waals surface area contributed by atoms with E-state index in [-0.39, 0.29) is 0 Å². The van der Waals surface area contributed by atoms with E-state index in [1.165, 1.54) is 0 Å². The molecule has 15 heavy (non-hydrogen) atoms. The Balaban J connectivity index is 2.92. The molecule has 82 valence electrons. The van der Waals surface area contributed by atoms with Crippen molar-refractivity contribution in [2.24, 2.45) is 11.7 Å². The molecule has 0 atom stereocenters. The molecular weight excluding hydrogens is 230 g/mol. The van der Waals surface area contributed by atoms with Crippen LogP contribution >= 0.6 is 23.8 Å². The minimum absolute atomic E-state index is 0.324. The monoisotopic (exact) mass is 243 g/mol. The molecule has 1 rings (SSSR count). The summed E-state index contributed by atoms with van der Waals surface area (Å²) in [4.78, 5) is 0.324. The molecular formula is C11H14ClNOS. The largest absolute Gasteiger partial charge is 0.493 e. The minimum atomic E-state index is 0.324. The number of hydrogen-bond acceptors (Lipinski definition) is 2. The van der Waals surface area contributed by atoms with E-state index in [0.717, 1.165) is 5.56 Å². The zero-order valence-electron chi connectivity index (χ0n) is 8.79. The van der Waals surface area contributed by atoms with Crippen LogP contribution in [0.2, 0.25) is 5.02 Å². The van der Waals surface area contributed by atoms with Crippen LogP contribution in [0.3, 0.4) is 0 Å². The lowest BCUT2D eigenvalue weighted by molar-refractivity contribution is 0.270. The van der Waals surface area contributed by atoms with Gasteiger partial charge in [-0.1, -0.05) is 37.7 Å². The van der Waals surface area contributed by atoms with E-state index in [1.54, 1.807) is 18.2 Å². The second-order valence-corrected chi connectivity index (χ2v) is 4.59. The van der Waals surface area contributed by atoms with Crippen molar-refractivity contribution in [3.8, 4) is 5.75 Å². The highest BCUT2D eigenvalue weighted by atomic mass is 35.5. The maximum atomic E-state index is 5.87. The molecule has 0 fully saturated rings. The summed E-state index contributed by atoms with van der Waals surface area (Å²) in [7, 11) is 0. The Bertz CT molecular complexity index is 366. The molecule has 2 nitrogen and oxygen atoms in total. The third kappa shape index (κ3) is 3.68. The lowest BCUT2D eigenvalue weighted by atomic mass is 10.2. The Kier molecular flexibility index (Phi) is 4.36. The standard InChI is InChI=1S/C11H14ClNOS/c1-7(2)6-14-10-5-8(12)3-4-9(10)11(13)15/h3-5,7H,6H2,1-2H3,(H2,13,15). The van der Waals surface area contributed by atoms with Gasteiger partial charge in [-0.2, -0.15) is 0 Å². The predicted molar refractivity (Wildman–Crippen MR) is 67.7 cm³/mol. The third-order valence-corrected chi connectivity index (χ3v) is 2.24. The lowest BCUT2D eigenvalue weighted by Crippen LogP contribution is -2.13. The summed E-state index contributed by atoms with van der Waals surface area (Å²) in [6, 6.07) is 5.26. The fourth-order valence-electron chi connectivity index (χ4n) is 1.08. The number of benzene rings is 1. The van der Waals surface area contributed by atoms with Crippen LogP contribution in [0.5, 0.6) is 5.75 Å². The molecule has 0 amide bonds. The molecule has 0 spiro atoms. The van der Waals surface area contributed by atoms with Crippen molar-refractivity contribution in [1.82, 2.24) is 0 Å². The molecule has 0 heterocycles.